The Kier molecular flexibility index (Phi) is 5.11. The third-order valence-corrected chi connectivity index (χ3v) is 4.02. The fraction of sp³-hybridized carbons (Fsp3) is 0.438. The molecule has 1 atom stereocenters. The van der Waals surface area contributed by atoms with Crippen LogP contribution in [0, 0.1) is 6.92 Å². The molecule has 0 saturated heterocycles. The lowest BCUT2D eigenvalue weighted by Crippen LogP contribution is -2.23. The molecular weight excluding hydrogens is 252 g/mol. The topological polar surface area (TPSA) is 24.9 Å². The molecule has 3 heteroatoms. The molecule has 1 heterocycles. The van der Waals surface area contributed by atoms with Crippen LogP contribution in [0.1, 0.15) is 48.1 Å². The summed E-state index contributed by atoms with van der Waals surface area (Å²) in [5, 5.41) is 6.91. The van der Waals surface area contributed by atoms with Crippen LogP contribution >= 0.6 is 11.3 Å². The largest absolute Gasteiger partial charge is 0.305 e. The number of nitrogens with one attached hydrogen (secondary N) is 1. The molecule has 1 aromatic carbocycles. The number of thiazole rings is 1. The van der Waals surface area contributed by atoms with Gasteiger partial charge in [-0.25, -0.2) is 4.98 Å². The van der Waals surface area contributed by atoms with Crippen LogP contribution in [0.4, 0.5) is 0 Å². The van der Waals surface area contributed by atoms with E-state index in [4.69, 9.17) is 0 Å². The molecule has 0 bridgehead atoms. The van der Waals surface area contributed by atoms with Gasteiger partial charge in [-0.05, 0) is 37.4 Å². The monoisotopic (exact) mass is 274 g/mol. The second kappa shape index (κ2) is 6.83. The summed E-state index contributed by atoms with van der Waals surface area (Å²) < 4.78 is 0. The number of hydrogen-bond acceptors (Lipinski definition) is 3. The minimum atomic E-state index is 0.219. The zero-order valence-electron chi connectivity index (χ0n) is 11.9. The van der Waals surface area contributed by atoms with Gasteiger partial charge in [-0.1, -0.05) is 38.1 Å². The van der Waals surface area contributed by atoms with Crippen LogP contribution in [0.3, 0.4) is 0 Å². The van der Waals surface area contributed by atoms with E-state index in [-0.39, 0.29) is 6.04 Å². The maximum absolute atomic E-state index is 4.65. The molecule has 0 aliphatic heterocycles. The summed E-state index contributed by atoms with van der Waals surface area (Å²) in [6, 6.07) is 9.04. The van der Waals surface area contributed by atoms with Crippen LogP contribution in [0.25, 0.3) is 0 Å². The first-order chi connectivity index (χ1) is 9.24. The van der Waals surface area contributed by atoms with Gasteiger partial charge in [-0.3, -0.25) is 0 Å². The van der Waals surface area contributed by atoms with Crippen molar-refractivity contribution in [3.8, 4) is 0 Å². The summed E-state index contributed by atoms with van der Waals surface area (Å²) in [5.41, 5.74) is 3.84. The van der Waals surface area contributed by atoms with Crippen molar-refractivity contribution >= 4 is 11.3 Å². The lowest BCUT2D eigenvalue weighted by molar-refractivity contribution is 0.588. The van der Waals surface area contributed by atoms with E-state index in [1.165, 1.54) is 11.1 Å². The highest BCUT2D eigenvalue weighted by molar-refractivity contribution is 7.09. The maximum Gasteiger partial charge on any atom is 0.0898 e. The molecule has 19 heavy (non-hydrogen) atoms. The summed E-state index contributed by atoms with van der Waals surface area (Å²) in [6.45, 7) is 7.46. The van der Waals surface area contributed by atoms with E-state index in [9.17, 15) is 0 Å². The molecule has 0 aliphatic carbocycles. The van der Waals surface area contributed by atoms with Crippen molar-refractivity contribution in [1.82, 2.24) is 10.3 Å². The normalized spacial score (nSPS) is 12.6. The van der Waals surface area contributed by atoms with Gasteiger partial charge in [0.25, 0.3) is 0 Å². The van der Waals surface area contributed by atoms with E-state index in [1.54, 1.807) is 11.3 Å². The van der Waals surface area contributed by atoms with Crippen LogP contribution < -0.4 is 5.32 Å². The molecule has 0 spiro atoms. The zero-order valence-corrected chi connectivity index (χ0v) is 12.8. The molecule has 0 amide bonds. The highest BCUT2D eigenvalue weighted by Crippen LogP contribution is 2.24. The van der Waals surface area contributed by atoms with Crippen LogP contribution in [0.15, 0.2) is 29.6 Å². The second-order valence-corrected chi connectivity index (χ2v) is 5.84. The molecule has 2 nitrogen and oxygen atoms in total. The van der Waals surface area contributed by atoms with Crippen molar-refractivity contribution < 1.29 is 0 Å². The van der Waals surface area contributed by atoms with E-state index in [2.05, 4.69) is 60.7 Å². The van der Waals surface area contributed by atoms with Gasteiger partial charge in [-0.2, -0.15) is 0 Å². The number of aryl methyl sites for hydroxylation is 2. The molecule has 2 aromatic rings. The van der Waals surface area contributed by atoms with Crippen molar-refractivity contribution in [1.29, 1.82) is 0 Å². The van der Waals surface area contributed by atoms with Gasteiger partial charge in [0.15, 0.2) is 0 Å². The van der Waals surface area contributed by atoms with E-state index in [0.29, 0.717) is 0 Å². The third kappa shape index (κ3) is 3.64. The standard InChI is InChI=1S/C16H22N2S/c1-4-9-17-16(15-11-19-12(3)18-15)14-8-6-7-13(5-2)10-14/h6-8,10-11,16-17H,4-5,9H2,1-3H3. The Morgan fingerprint density at radius 2 is 2.16 bits per heavy atom. The van der Waals surface area contributed by atoms with Gasteiger partial charge in [0.05, 0.1) is 16.7 Å². The average Bonchev–Trinajstić information content (AvgIpc) is 2.86. The summed E-state index contributed by atoms with van der Waals surface area (Å²) in [4.78, 5) is 4.65. The van der Waals surface area contributed by atoms with E-state index < -0.39 is 0 Å². The minimum absolute atomic E-state index is 0.219. The SMILES string of the molecule is CCCNC(c1cccc(CC)c1)c1csc(C)n1. The highest BCUT2D eigenvalue weighted by Gasteiger charge is 2.16. The minimum Gasteiger partial charge on any atom is -0.305 e. The van der Waals surface area contributed by atoms with Gasteiger partial charge in [0.2, 0.25) is 0 Å². The Hall–Kier alpha value is -1.19. The average molecular weight is 274 g/mol. The zero-order chi connectivity index (χ0) is 13.7. The van der Waals surface area contributed by atoms with E-state index in [0.717, 1.165) is 30.1 Å². The quantitative estimate of drug-likeness (QED) is 0.857. The molecule has 1 N–H and O–H groups in total. The van der Waals surface area contributed by atoms with Crippen molar-refractivity contribution in [2.24, 2.45) is 0 Å². The lowest BCUT2D eigenvalue weighted by Gasteiger charge is -2.18. The molecule has 1 unspecified atom stereocenters. The van der Waals surface area contributed by atoms with Crippen LogP contribution in [0.2, 0.25) is 0 Å². The molecule has 2 rings (SSSR count). The fourth-order valence-electron chi connectivity index (χ4n) is 2.19. The first kappa shape index (κ1) is 14.2. The predicted octanol–water partition coefficient (Wildman–Crippen LogP) is 4.10. The molecule has 102 valence electrons. The Morgan fingerprint density at radius 3 is 2.79 bits per heavy atom. The van der Waals surface area contributed by atoms with Crippen molar-refractivity contribution in [2.75, 3.05) is 6.54 Å². The van der Waals surface area contributed by atoms with Crippen LogP contribution in [-0.4, -0.2) is 11.5 Å². The van der Waals surface area contributed by atoms with Crippen LogP contribution in [0.5, 0.6) is 0 Å². The van der Waals surface area contributed by atoms with Crippen molar-refractivity contribution in [2.45, 2.75) is 39.7 Å². The molecule has 0 aliphatic rings. The highest BCUT2D eigenvalue weighted by atomic mass is 32.1. The smallest absolute Gasteiger partial charge is 0.0898 e. The first-order valence-electron chi connectivity index (χ1n) is 6.98. The van der Waals surface area contributed by atoms with Gasteiger partial charge in [-0.15, -0.1) is 11.3 Å². The summed E-state index contributed by atoms with van der Waals surface area (Å²) in [6.07, 6.45) is 2.21. The maximum atomic E-state index is 4.65. The van der Waals surface area contributed by atoms with E-state index in [1.807, 2.05) is 0 Å². The second-order valence-electron chi connectivity index (χ2n) is 4.78. The lowest BCUT2D eigenvalue weighted by atomic mass is 10.0. The van der Waals surface area contributed by atoms with E-state index >= 15 is 0 Å². The summed E-state index contributed by atoms with van der Waals surface area (Å²) in [5.74, 6) is 0. The number of benzene rings is 1. The predicted molar refractivity (Wildman–Crippen MR) is 82.8 cm³/mol. The fourth-order valence-corrected chi connectivity index (χ4v) is 2.83. The van der Waals surface area contributed by atoms with Crippen molar-refractivity contribution in [3.63, 3.8) is 0 Å². The Balaban J connectivity index is 2.30. The van der Waals surface area contributed by atoms with Gasteiger partial charge in [0, 0.05) is 5.38 Å². The Morgan fingerprint density at radius 1 is 1.32 bits per heavy atom. The van der Waals surface area contributed by atoms with Crippen molar-refractivity contribution in [3.05, 3.63) is 51.5 Å². The molecule has 0 radical (unpaired) electrons. The summed E-state index contributed by atoms with van der Waals surface area (Å²) >= 11 is 1.72. The number of nitrogens with zero attached hydrogens (tertiary/aromatic N) is 1. The van der Waals surface area contributed by atoms with Crippen LogP contribution in [-0.2, 0) is 6.42 Å². The molecule has 1 aromatic heterocycles. The van der Waals surface area contributed by atoms with Gasteiger partial charge < -0.3 is 5.32 Å². The van der Waals surface area contributed by atoms with Gasteiger partial charge >= 0.3 is 0 Å². The first-order valence-corrected chi connectivity index (χ1v) is 7.86. The third-order valence-electron chi connectivity index (χ3n) is 3.22. The Bertz CT molecular complexity index is 519. The summed E-state index contributed by atoms with van der Waals surface area (Å²) in [7, 11) is 0. The van der Waals surface area contributed by atoms with Gasteiger partial charge in [0.1, 0.15) is 0 Å². The number of aromatic nitrogens is 1. The molecule has 0 fully saturated rings. The number of hydrogen-bond donors (Lipinski definition) is 1. The molecular formula is C16H22N2S. The number of rotatable bonds is 6. The molecule has 0 saturated carbocycles. The Labute approximate surface area is 119 Å².